The number of aryl methyl sites for hydroxylation is 1. The smallest absolute Gasteiger partial charge is 0.355 e. The maximum atomic E-state index is 13.2. The fourth-order valence-corrected chi connectivity index (χ4v) is 1.92. The number of hydrogen-bond donors (Lipinski definition) is 0. The first kappa shape index (κ1) is 12.2. The minimum Gasteiger partial charge on any atom is -0.464 e. The van der Waals surface area contributed by atoms with Crippen molar-refractivity contribution in [1.29, 1.82) is 0 Å². The third-order valence-electron chi connectivity index (χ3n) is 2.78. The lowest BCUT2D eigenvalue weighted by atomic mass is 10.1. The van der Waals surface area contributed by atoms with Crippen LogP contribution in [-0.4, -0.2) is 23.9 Å². The van der Waals surface area contributed by atoms with E-state index in [2.05, 4.69) is 4.74 Å². The van der Waals surface area contributed by atoms with Crippen LogP contribution in [0.4, 0.5) is 8.78 Å². The van der Waals surface area contributed by atoms with Crippen molar-refractivity contribution in [3.8, 4) is 0 Å². The molecule has 6 heteroatoms. The highest BCUT2D eigenvalue weighted by Gasteiger charge is 2.22. The van der Waals surface area contributed by atoms with Crippen LogP contribution in [0.2, 0.25) is 0 Å². The van der Waals surface area contributed by atoms with E-state index < -0.39 is 17.6 Å². The van der Waals surface area contributed by atoms with Gasteiger partial charge in [0.05, 0.1) is 18.2 Å². The molecule has 94 valence electrons. The number of carbonyl (C=O) groups excluding carboxylic acids is 2. The number of carbonyl (C=O) groups is 2. The Labute approximate surface area is 101 Å². The number of ether oxygens (including phenoxy) is 1. The van der Waals surface area contributed by atoms with Crippen molar-refractivity contribution in [2.24, 2.45) is 7.05 Å². The van der Waals surface area contributed by atoms with E-state index in [0.29, 0.717) is 6.29 Å². The molecule has 4 nitrogen and oxygen atoms in total. The zero-order valence-corrected chi connectivity index (χ0v) is 9.66. The van der Waals surface area contributed by atoms with Crippen LogP contribution in [-0.2, 0) is 11.8 Å². The average Bonchev–Trinajstić information content (AvgIpc) is 2.62. The summed E-state index contributed by atoms with van der Waals surface area (Å²) < 4.78 is 32.2. The Balaban J connectivity index is 2.92. The number of halogens is 2. The molecule has 0 saturated heterocycles. The highest BCUT2D eigenvalue weighted by atomic mass is 19.2. The molecule has 0 aliphatic carbocycles. The van der Waals surface area contributed by atoms with Gasteiger partial charge in [0.1, 0.15) is 5.69 Å². The summed E-state index contributed by atoms with van der Waals surface area (Å²) in [5.41, 5.74) is 0.196. The lowest BCUT2D eigenvalue weighted by molar-refractivity contribution is 0.0588. The molecule has 1 aromatic heterocycles. The average molecular weight is 253 g/mol. The van der Waals surface area contributed by atoms with Crippen molar-refractivity contribution >= 4 is 23.2 Å². The largest absolute Gasteiger partial charge is 0.464 e. The number of methoxy groups -OCH3 is 1. The molecule has 0 radical (unpaired) electrons. The van der Waals surface area contributed by atoms with E-state index in [4.69, 9.17) is 0 Å². The third-order valence-corrected chi connectivity index (χ3v) is 2.78. The second-order valence-electron chi connectivity index (χ2n) is 3.71. The Kier molecular flexibility index (Phi) is 2.86. The second kappa shape index (κ2) is 4.21. The fraction of sp³-hybridized carbons (Fsp3) is 0.167. The quantitative estimate of drug-likeness (QED) is 0.608. The van der Waals surface area contributed by atoms with Gasteiger partial charge in [0.25, 0.3) is 0 Å². The van der Waals surface area contributed by atoms with Crippen LogP contribution in [0.3, 0.4) is 0 Å². The Bertz CT molecular complexity index is 661. The molecule has 0 aliphatic heterocycles. The number of nitrogens with zero attached hydrogens (tertiary/aromatic N) is 1. The first-order valence-electron chi connectivity index (χ1n) is 5.02. The van der Waals surface area contributed by atoms with Gasteiger partial charge in [-0.1, -0.05) is 0 Å². The number of benzene rings is 1. The number of esters is 1. The van der Waals surface area contributed by atoms with Gasteiger partial charge in [0, 0.05) is 18.5 Å². The summed E-state index contributed by atoms with van der Waals surface area (Å²) in [4.78, 5) is 22.6. The van der Waals surface area contributed by atoms with Crippen molar-refractivity contribution in [3.63, 3.8) is 0 Å². The Morgan fingerprint density at radius 1 is 1.33 bits per heavy atom. The first-order valence-corrected chi connectivity index (χ1v) is 5.02. The standard InChI is InChI=1S/C12H9F2NO3/c1-15-10-4-9(14)8(13)3-6(10)7(5-16)11(15)12(17)18-2/h3-5H,1-2H3. The molecule has 18 heavy (non-hydrogen) atoms. The molecule has 2 rings (SSSR count). The number of aldehydes is 1. The molecule has 2 aromatic rings. The first-order chi connectivity index (χ1) is 8.51. The summed E-state index contributed by atoms with van der Waals surface area (Å²) >= 11 is 0. The Hall–Kier alpha value is -2.24. The molecular weight excluding hydrogens is 244 g/mol. The summed E-state index contributed by atoms with van der Waals surface area (Å²) in [6, 6.07) is 1.82. The van der Waals surface area contributed by atoms with E-state index >= 15 is 0 Å². The van der Waals surface area contributed by atoms with Gasteiger partial charge < -0.3 is 9.30 Å². The van der Waals surface area contributed by atoms with Crippen LogP contribution in [0.15, 0.2) is 12.1 Å². The monoisotopic (exact) mass is 253 g/mol. The molecule has 1 heterocycles. The SMILES string of the molecule is COC(=O)c1c(C=O)c2cc(F)c(F)cc2n1C. The molecule has 1 aromatic carbocycles. The zero-order valence-electron chi connectivity index (χ0n) is 9.66. The van der Waals surface area contributed by atoms with E-state index in [0.717, 1.165) is 19.2 Å². The van der Waals surface area contributed by atoms with Gasteiger partial charge in [-0.15, -0.1) is 0 Å². The van der Waals surface area contributed by atoms with Crippen LogP contribution in [0.5, 0.6) is 0 Å². The van der Waals surface area contributed by atoms with Crippen LogP contribution < -0.4 is 0 Å². The third kappa shape index (κ3) is 1.57. The predicted octanol–water partition coefficient (Wildman–Crippen LogP) is 2.06. The molecule has 0 unspecified atom stereocenters. The maximum absolute atomic E-state index is 13.2. The van der Waals surface area contributed by atoms with Crippen molar-refractivity contribution in [2.75, 3.05) is 7.11 Å². The molecule has 0 amide bonds. The molecule has 0 atom stereocenters. The van der Waals surface area contributed by atoms with Gasteiger partial charge in [0.15, 0.2) is 17.9 Å². The summed E-state index contributed by atoms with van der Waals surface area (Å²) in [5, 5.41) is 0.173. The van der Waals surface area contributed by atoms with Gasteiger partial charge in [-0.3, -0.25) is 4.79 Å². The second-order valence-corrected chi connectivity index (χ2v) is 3.71. The maximum Gasteiger partial charge on any atom is 0.355 e. The Morgan fingerprint density at radius 3 is 2.50 bits per heavy atom. The topological polar surface area (TPSA) is 48.3 Å². The van der Waals surface area contributed by atoms with E-state index in [1.54, 1.807) is 0 Å². The predicted molar refractivity (Wildman–Crippen MR) is 59.6 cm³/mol. The number of hydrogen-bond acceptors (Lipinski definition) is 3. The van der Waals surface area contributed by atoms with Gasteiger partial charge in [0.2, 0.25) is 0 Å². The molecule has 0 saturated carbocycles. The van der Waals surface area contributed by atoms with E-state index in [1.807, 2.05) is 0 Å². The molecular formula is C12H9F2NO3. The number of fused-ring (bicyclic) bond motifs is 1. The lowest BCUT2D eigenvalue weighted by Gasteiger charge is -2.02. The molecule has 0 fully saturated rings. The zero-order chi connectivity index (χ0) is 13.4. The van der Waals surface area contributed by atoms with Crippen LogP contribution in [0.1, 0.15) is 20.8 Å². The summed E-state index contributed by atoms with van der Waals surface area (Å²) in [7, 11) is 2.63. The van der Waals surface area contributed by atoms with Gasteiger partial charge in [-0.05, 0) is 6.07 Å². The normalized spacial score (nSPS) is 10.7. The fourth-order valence-electron chi connectivity index (χ4n) is 1.92. The van der Waals surface area contributed by atoms with Crippen LogP contribution in [0, 0.1) is 11.6 Å². The minimum atomic E-state index is -1.08. The minimum absolute atomic E-state index is 0.0155. The van der Waals surface area contributed by atoms with Crippen molar-refractivity contribution in [2.45, 2.75) is 0 Å². The molecule has 0 N–H and O–H groups in total. The van der Waals surface area contributed by atoms with E-state index in [9.17, 15) is 18.4 Å². The lowest BCUT2D eigenvalue weighted by Crippen LogP contribution is -2.09. The Morgan fingerprint density at radius 2 is 1.94 bits per heavy atom. The molecule has 0 aliphatic rings. The summed E-state index contributed by atoms with van der Waals surface area (Å²) in [6.45, 7) is 0. The highest BCUT2D eigenvalue weighted by Crippen LogP contribution is 2.26. The highest BCUT2D eigenvalue weighted by molar-refractivity contribution is 6.08. The van der Waals surface area contributed by atoms with Gasteiger partial charge >= 0.3 is 5.97 Å². The van der Waals surface area contributed by atoms with Crippen LogP contribution in [0.25, 0.3) is 10.9 Å². The number of aromatic nitrogens is 1. The molecule has 0 spiro atoms. The van der Waals surface area contributed by atoms with Crippen molar-refractivity contribution in [1.82, 2.24) is 4.57 Å². The van der Waals surface area contributed by atoms with E-state index in [-0.39, 0.29) is 22.2 Å². The van der Waals surface area contributed by atoms with Crippen molar-refractivity contribution < 1.29 is 23.1 Å². The van der Waals surface area contributed by atoms with Gasteiger partial charge in [-0.2, -0.15) is 0 Å². The number of rotatable bonds is 2. The summed E-state index contributed by atoms with van der Waals surface area (Å²) in [6.07, 6.45) is 0.423. The summed E-state index contributed by atoms with van der Waals surface area (Å²) in [5.74, 6) is -2.86. The van der Waals surface area contributed by atoms with Gasteiger partial charge in [-0.25, -0.2) is 13.6 Å². The molecule has 0 bridgehead atoms. The van der Waals surface area contributed by atoms with Crippen molar-refractivity contribution in [3.05, 3.63) is 35.0 Å². The van der Waals surface area contributed by atoms with E-state index in [1.165, 1.54) is 11.6 Å². The van der Waals surface area contributed by atoms with Crippen LogP contribution >= 0.6 is 0 Å².